The summed E-state index contributed by atoms with van der Waals surface area (Å²) in [6, 6.07) is 0. The molecule has 0 aromatic rings. The molecule has 0 bridgehead atoms. The number of hydrogen-bond donors (Lipinski definition) is 2. The lowest BCUT2D eigenvalue weighted by molar-refractivity contribution is -0.136. The second-order valence-corrected chi connectivity index (χ2v) is 12.1. The van der Waals surface area contributed by atoms with Crippen molar-refractivity contribution >= 4 is 11.8 Å². The van der Waals surface area contributed by atoms with Gasteiger partial charge in [0.2, 0.25) is 5.91 Å². The summed E-state index contributed by atoms with van der Waals surface area (Å²) in [5.74, 6) is -0.768. The third-order valence-corrected chi connectivity index (χ3v) is 8.06. The minimum absolute atomic E-state index is 0.248. The minimum Gasteiger partial charge on any atom is -0.383 e. The highest BCUT2D eigenvalue weighted by molar-refractivity contribution is 5.97. The molecule has 1 unspecified atom stereocenters. The van der Waals surface area contributed by atoms with E-state index < -0.39 is 12.0 Å². The molecule has 0 rings (SSSR count). The Balaban J connectivity index is 3.45. The maximum absolute atomic E-state index is 12.1. The van der Waals surface area contributed by atoms with Crippen LogP contribution in [0.3, 0.4) is 0 Å². The molecule has 0 radical (unpaired) electrons. The van der Waals surface area contributed by atoms with Gasteiger partial charge in [-0.2, -0.15) is 0 Å². The predicted molar refractivity (Wildman–Crippen MR) is 174 cm³/mol. The number of nitrogens with one attached hydrogen (secondary N) is 1. The molecule has 0 spiro atoms. The van der Waals surface area contributed by atoms with Gasteiger partial charge >= 0.3 is 0 Å². The first-order valence-corrected chi connectivity index (χ1v) is 17.8. The number of aliphatic hydroxyl groups excluding tert-OH is 1. The molecule has 0 aliphatic carbocycles. The van der Waals surface area contributed by atoms with Gasteiger partial charge in [-0.15, -0.1) is 0 Å². The number of imide groups is 1. The largest absolute Gasteiger partial charge is 0.383 e. The topological polar surface area (TPSA) is 66.4 Å². The molecular formula is C36H69NO3. The zero-order valence-corrected chi connectivity index (χ0v) is 27.0. The highest BCUT2D eigenvalue weighted by atomic mass is 16.3. The van der Waals surface area contributed by atoms with Crippen molar-refractivity contribution < 1.29 is 14.7 Å². The number of carbonyl (C=O) groups excluding carboxylic acids is 2. The summed E-state index contributed by atoms with van der Waals surface area (Å²) < 4.78 is 0. The SMILES string of the molecule is CCCCCCCCC=CCCCCCCCC(=O)NC(=O)C(O)CCCCCCCCCCCCCCCC. The number of carbonyl (C=O) groups is 2. The third-order valence-electron chi connectivity index (χ3n) is 8.06. The van der Waals surface area contributed by atoms with Gasteiger partial charge in [-0.3, -0.25) is 14.9 Å². The lowest BCUT2D eigenvalue weighted by atomic mass is 10.0. The molecule has 0 aromatic carbocycles. The van der Waals surface area contributed by atoms with E-state index in [2.05, 4.69) is 31.3 Å². The lowest BCUT2D eigenvalue weighted by Gasteiger charge is -2.10. The molecule has 4 nitrogen and oxygen atoms in total. The fourth-order valence-corrected chi connectivity index (χ4v) is 5.30. The summed E-state index contributed by atoms with van der Waals surface area (Å²) in [6.07, 6.45) is 38.3. The minimum atomic E-state index is -1.06. The van der Waals surface area contributed by atoms with Crippen molar-refractivity contribution in [2.24, 2.45) is 0 Å². The van der Waals surface area contributed by atoms with Crippen molar-refractivity contribution in [1.29, 1.82) is 0 Å². The molecule has 0 fully saturated rings. The van der Waals surface area contributed by atoms with Gasteiger partial charge in [-0.1, -0.05) is 167 Å². The number of allylic oxidation sites excluding steroid dienone is 2. The van der Waals surface area contributed by atoms with Gasteiger partial charge in [0.25, 0.3) is 5.91 Å². The van der Waals surface area contributed by atoms with E-state index in [-0.39, 0.29) is 5.91 Å². The number of aliphatic hydroxyl groups is 1. The van der Waals surface area contributed by atoms with Crippen LogP contribution >= 0.6 is 0 Å². The number of amides is 2. The van der Waals surface area contributed by atoms with E-state index in [0.717, 1.165) is 38.5 Å². The Morgan fingerprint density at radius 1 is 0.525 bits per heavy atom. The molecule has 0 aliphatic heterocycles. The Kier molecular flexibility index (Phi) is 31.4. The van der Waals surface area contributed by atoms with Crippen molar-refractivity contribution in [1.82, 2.24) is 5.32 Å². The predicted octanol–water partition coefficient (Wildman–Crippen LogP) is 10.9. The van der Waals surface area contributed by atoms with Crippen molar-refractivity contribution in [2.45, 2.75) is 206 Å². The van der Waals surface area contributed by atoms with Gasteiger partial charge in [0.1, 0.15) is 6.10 Å². The second-order valence-electron chi connectivity index (χ2n) is 12.1. The maximum atomic E-state index is 12.1. The number of unbranched alkanes of at least 4 members (excludes halogenated alkanes) is 24. The first-order chi connectivity index (χ1) is 19.6. The Labute approximate surface area is 249 Å². The number of rotatable bonds is 31. The van der Waals surface area contributed by atoms with Crippen LogP contribution in [0.25, 0.3) is 0 Å². The van der Waals surface area contributed by atoms with Gasteiger partial charge in [0, 0.05) is 6.42 Å². The highest BCUT2D eigenvalue weighted by Gasteiger charge is 2.16. The van der Waals surface area contributed by atoms with Gasteiger partial charge in [0.15, 0.2) is 0 Å². The normalized spacial score (nSPS) is 12.3. The summed E-state index contributed by atoms with van der Waals surface area (Å²) in [5.41, 5.74) is 0. The second kappa shape index (κ2) is 32.4. The van der Waals surface area contributed by atoms with Crippen molar-refractivity contribution in [3.63, 3.8) is 0 Å². The van der Waals surface area contributed by atoms with E-state index in [1.165, 1.54) is 135 Å². The van der Waals surface area contributed by atoms with Gasteiger partial charge in [0.05, 0.1) is 0 Å². The zero-order valence-electron chi connectivity index (χ0n) is 27.0. The maximum Gasteiger partial charge on any atom is 0.255 e. The molecule has 0 aromatic heterocycles. The van der Waals surface area contributed by atoms with Crippen molar-refractivity contribution in [3.8, 4) is 0 Å². The molecule has 0 heterocycles. The molecule has 236 valence electrons. The summed E-state index contributed by atoms with van der Waals surface area (Å²) in [5, 5.41) is 12.5. The van der Waals surface area contributed by atoms with Crippen LogP contribution in [0, 0.1) is 0 Å². The molecule has 0 saturated heterocycles. The first-order valence-electron chi connectivity index (χ1n) is 17.8. The van der Waals surface area contributed by atoms with Crippen molar-refractivity contribution in [2.75, 3.05) is 0 Å². The Bertz CT molecular complexity index is 574. The average molecular weight is 564 g/mol. The van der Waals surface area contributed by atoms with Crippen LogP contribution in [0.2, 0.25) is 0 Å². The lowest BCUT2D eigenvalue weighted by Crippen LogP contribution is -2.38. The average Bonchev–Trinajstić information content (AvgIpc) is 2.95. The van der Waals surface area contributed by atoms with Crippen molar-refractivity contribution in [3.05, 3.63) is 12.2 Å². The van der Waals surface area contributed by atoms with Gasteiger partial charge in [-0.05, 0) is 38.5 Å². The standard InChI is InChI=1S/C36H69NO3/c1-3-5-7-9-11-13-15-17-19-21-23-25-27-29-31-33-35(39)37-36(40)34(38)32-30-28-26-24-22-20-18-16-14-12-10-8-6-4-2/h17,19,34,38H,3-16,18,20-33H2,1-2H3,(H,37,39,40). The summed E-state index contributed by atoms with van der Waals surface area (Å²) in [7, 11) is 0. The van der Waals surface area contributed by atoms with Gasteiger partial charge < -0.3 is 5.11 Å². The van der Waals surface area contributed by atoms with Crippen LogP contribution in [-0.2, 0) is 9.59 Å². The fraction of sp³-hybridized carbons (Fsp3) is 0.889. The Hall–Kier alpha value is -1.16. The quantitative estimate of drug-likeness (QED) is 0.0651. The number of hydrogen-bond acceptors (Lipinski definition) is 3. The smallest absolute Gasteiger partial charge is 0.255 e. The molecule has 0 aliphatic rings. The fourth-order valence-electron chi connectivity index (χ4n) is 5.30. The molecule has 40 heavy (non-hydrogen) atoms. The third kappa shape index (κ3) is 29.8. The van der Waals surface area contributed by atoms with E-state index in [0.29, 0.717) is 12.8 Å². The molecule has 1 atom stereocenters. The molecule has 0 saturated carbocycles. The molecule has 2 N–H and O–H groups in total. The van der Waals surface area contributed by atoms with Crippen LogP contribution < -0.4 is 5.32 Å². The van der Waals surface area contributed by atoms with E-state index >= 15 is 0 Å². The first kappa shape index (κ1) is 38.8. The van der Waals surface area contributed by atoms with E-state index in [4.69, 9.17) is 0 Å². The summed E-state index contributed by atoms with van der Waals surface area (Å²) >= 11 is 0. The Morgan fingerprint density at radius 3 is 1.30 bits per heavy atom. The van der Waals surface area contributed by atoms with Crippen LogP contribution in [0.4, 0.5) is 0 Å². The van der Waals surface area contributed by atoms with Crippen LogP contribution in [0.15, 0.2) is 12.2 Å². The van der Waals surface area contributed by atoms with Crippen LogP contribution in [0.5, 0.6) is 0 Å². The summed E-state index contributed by atoms with van der Waals surface area (Å²) in [6.45, 7) is 4.53. The molecule has 4 heteroatoms. The highest BCUT2D eigenvalue weighted by Crippen LogP contribution is 2.14. The monoisotopic (exact) mass is 564 g/mol. The van der Waals surface area contributed by atoms with Crippen LogP contribution in [-0.4, -0.2) is 23.0 Å². The zero-order chi connectivity index (χ0) is 29.4. The molecule has 2 amide bonds. The van der Waals surface area contributed by atoms with E-state index in [1.54, 1.807) is 0 Å². The Morgan fingerprint density at radius 2 is 0.875 bits per heavy atom. The van der Waals surface area contributed by atoms with E-state index in [9.17, 15) is 14.7 Å². The van der Waals surface area contributed by atoms with Crippen LogP contribution in [0.1, 0.15) is 200 Å². The summed E-state index contributed by atoms with van der Waals surface area (Å²) in [4.78, 5) is 24.1. The van der Waals surface area contributed by atoms with Gasteiger partial charge in [-0.25, -0.2) is 0 Å². The van der Waals surface area contributed by atoms with E-state index in [1.807, 2.05) is 0 Å². The molecular weight excluding hydrogens is 494 g/mol.